The van der Waals surface area contributed by atoms with Gasteiger partial charge in [0.15, 0.2) is 11.7 Å². The Morgan fingerprint density at radius 2 is 2.06 bits per heavy atom. The number of amides is 1. The van der Waals surface area contributed by atoms with Crippen molar-refractivity contribution in [2.45, 2.75) is 36.6 Å². The van der Waals surface area contributed by atoms with Crippen LogP contribution in [0.4, 0.5) is 4.39 Å². The lowest BCUT2D eigenvalue weighted by Crippen LogP contribution is -2.49. The lowest BCUT2D eigenvalue weighted by atomic mass is 10.1. The molecule has 0 bridgehead atoms. The Hall–Kier alpha value is -2.75. The van der Waals surface area contributed by atoms with Gasteiger partial charge in [-0.2, -0.15) is 0 Å². The SMILES string of the molecule is O=C(CCc1ncc(-c2ccccc2Cl)o1)N1CCCC(NS(=O)(=O)c2cccc(F)c2)C1. The van der Waals surface area contributed by atoms with E-state index in [0.29, 0.717) is 42.5 Å². The summed E-state index contributed by atoms with van der Waals surface area (Å²) in [5.41, 5.74) is 0.730. The monoisotopic (exact) mass is 491 g/mol. The third-order valence-corrected chi connectivity index (χ3v) is 7.30. The van der Waals surface area contributed by atoms with Gasteiger partial charge in [0.2, 0.25) is 15.9 Å². The van der Waals surface area contributed by atoms with Gasteiger partial charge in [0.05, 0.1) is 16.1 Å². The number of benzene rings is 2. The molecule has 0 spiro atoms. The van der Waals surface area contributed by atoms with Crippen molar-refractivity contribution in [3.8, 4) is 11.3 Å². The standard InChI is InChI=1S/C23H23ClFN3O4S/c24-20-9-2-1-8-19(20)21-14-26-22(32-21)10-11-23(29)28-12-4-6-17(15-28)27-33(30,31)18-7-3-5-16(25)13-18/h1-3,5,7-9,13-14,17,27H,4,6,10-12,15H2. The largest absolute Gasteiger partial charge is 0.441 e. The van der Waals surface area contributed by atoms with Crippen LogP contribution in [-0.2, 0) is 21.2 Å². The molecule has 4 rings (SSSR count). The molecule has 1 saturated heterocycles. The third kappa shape index (κ3) is 5.79. The number of oxazole rings is 1. The zero-order valence-corrected chi connectivity index (χ0v) is 19.3. The number of likely N-dealkylation sites (tertiary alicyclic amines) is 1. The molecule has 2 heterocycles. The second kappa shape index (κ2) is 10.0. The van der Waals surface area contributed by atoms with Gasteiger partial charge in [-0.3, -0.25) is 4.79 Å². The molecular weight excluding hydrogens is 469 g/mol. The lowest BCUT2D eigenvalue weighted by Gasteiger charge is -2.33. The summed E-state index contributed by atoms with van der Waals surface area (Å²) in [5, 5.41) is 0.552. The Labute approximate surface area is 196 Å². The van der Waals surface area contributed by atoms with E-state index in [-0.39, 0.29) is 23.8 Å². The minimum Gasteiger partial charge on any atom is -0.441 e. The molecule has 1 aliphatic rings. The van der Waals surface area contributed by atoms with Crippen LogP contribution in [0.15, 0.2) is 64.0 Å². The molecule has 174 valence electrons. The molecule has 2 aromatic carbocycles. The van der Waals surface area contributed by atoms with Gasteiger partial charge >= 0.3 is 0 Å². The van der Waals surface area contributed by atoms with Gasteiger partial charge in [-0.05, 0) is 43.2 Å². The van der Waals surface area contributed by atoms with Gasteiger partial charge in [-0.1, -0.05) is 29.8 Å². The molecule has 1 fully saturated rings. The molecule has 1 atom stereocenters. The van der Waals surface area contributed by atoms with Crippen LogP contribution in [0.25, 0.3) is 11.3 Å². The molecular formula is C23H23ClFN3O4S. The highest BCUT2D eigenvalue weighted by Gasteiger charge is 2.28. The second-order valence-corrected chi connectivity index (χ2v) is 9.98. The summed E-state index contributed by atoms with van der Waals surface area (Å²) >= 11 is 6.19. The van der Waals surface area contributed by atoms with Crippen LogP contribution in [0.1, 0.15) is 25.2 Å². The maximum atomic E-state index is 13.4. The number of carbonyl (C=O) groups excluding carboxylic acids is 1. The van der Waals surface area contributed by atoms with Gasteiger partial charge in [0, 0.05) is 37.5 Å². The quantitative estimate of drug-likeness (QED) is 0.538. The van der Waals surface area contributed by atoms with E-state index in [9.17, 15) is 17.6 Å². The van der Waals surface area contributed by atoms with Crippen molar-refractivity contribution in [3.05, 3.63) is 71.5 Å². The van der Waals surface area contributed by atoms with Crippen molar-refractivity contribution < 1.29 is 22.0 Å². The second-order valence-electron chi connectivity index (χ2n) is 7.86. The van der Waals surface area contributed by atoms with Gasteiger partial charge in [0.1, 0.15) is 5.82 Å². The fourth-order valence-electron chi connectivity index (χ4n) is 3.80. The zero-order valence-electron chi connectivity index (χ0n) is 17.7. The molecule has 10 heteroatoms. The maximum Gasteiger partial charge on any atom is 0.240 e. The van der Waals surface area contributed by atoms with E-state index in [1.54, 1.807) is 17.2 Å². The number of carbonyl (C=O) groups is 1. The molecule has 33 heavy (non-hydrogen) atoms. The van der Waals surface area contributed by atoms with Crippen LogP contribution in [-0.4, -0.2) is 43.3 Å². The van der Waals surface area contributed by atoms with Crippen molar-refractivity contribution in [1.82, 2.24) is 14.6 Å². The van der Waals surface area contributed by atoms with Crippen molar-refractivity contribution in [2.24, 2.45) is 0 Å². The van der Waals surface area contributed by atoms with Gasteiger partial charge in [0.25, 0.3) is 0 Å². The minimum atomic E-state index is -3.88. The lowest BCUT2D eigenvalue weighted by molar-refractivity contribution is -0.132. The zero-order chi connectivity index (χ0) is 23.4. The van der Waals surface area contributed by atoms with E-state index in [1.807, 2.05) is 18.2 Å². The summed E-state index contributed by atoms with van der Waals surface area (Å²) in [4.78, 5) is 18.5. The van der Waals surface area contributed by atoms with Gasteiger partial charge in [-0.15, -0.1) is 0 Å². The number of sulfonamides is 1. The van der Waals surface area contributed by atoms with Crippen LogP contribution >= 0.6 is 11.6 Å². The normalized spacial score (nSPS) is 16.7. The summed E-state index contributed by atoms with van der Waals surface area (Å²) in [5.74, 6) is 0.233. The number of nitrogens with one attached hydrogen (secondary N) is 1. The van der Waals surface area contributed by atoms with Gasteiger partial charge < -0.3 is 9.32 Å². The van der Waals surface area contributed by atoms with E-state index in [0.717, 1.165) is 11.6 Å². The van der Waals surface area contributed by atoms with E-state index >= 15 is 0 Å². The fraction of sp³-hybridized carbons (Fsp3) is 0.304. The van der Waals surface area contributed by atoms with Crippen LogP contribution in [0, 0.1) is 5.82 Å². The smallest absolute Gasteiger partial charge is 0.240 e. The number of hydrogen-bond acceptors (Lipinski definition) is 5. The average Bonchev–Trinajstić information content (AvgIpc) is 3.26. The van der Waals surface area contributed by atoms with Crippen LogP contribution in [0.3, 0.4) is 0 Å². The molecule has 1 N–H and O–H groups in total. The first-order chi connectivity index (χ1) is 15.8. The van der Waals surface area contributed by atoms with Crippen molar-refractivity contribution in [3.63, 3.8) is 0 Å². The Morgan fingerprint density at radius 3 is 2.85 bits per heavy atom. The first-order valence-electron chi connectivity index (χ1n) is 10.6. The first-order valence-corrected chi connectivity index (χ1v) is 12.4. The van der Waals surface area contributed by atoms with Crippen molar-refractivity contribution >= 4 is 27.5 Å². The third-order valence-electron chi connectivity index (χ3n) is 5.45. The number of piperidine rings is 1. The van der Waals surface area contributed by atoms with E-state index < -0.39 is 21.9 Å². The molecule has 1 amide bonds. The maximum absolute atomic E-state index is 13.4. The van der Waals surface area contributed by atoms with E-state index in [1.165, 1.54) is 18.2 Å². The Bertz CT molecular complexity index is 1250. The van der Waals surface area contributed by atoms with E-state index in [4.69, 9.17) is 16.0 Å². The van der Waals surface area contributed by atoms with E-state index in [2.05, 4.69) is 9.71 Å². The predicted molar refractivity (Wildman–Crippen MR) is 122 cm³/mol. The molecule has 0 saturated carbocycles. The first kappa shape index (κ1) is 23.4. The fourth-order valence-corrected chi connectivity index (χ4v) is 5.33. The number of hydrogen-bond donors (Lipinski definition) is 1. The number of halogens is 2. The number of rotatable bonds is 7. The Morgan fingerprint density at radius 1 is 1.24 bits per heavy atom. The summed E-state index contributed by atoms with van der Waals surface area (Å²) < 4.78 is 46.9. The molecule has 0 radical (unpaired) electrons. The number of aryl methyl sites for hydroxylation is 1. The van der Waals surface area contributed by atoms with Crippen LogP contribution in [0.5, 0.6) is 0 Å². The summed E-state index contributed by atoms with van der Waals surface area (Å²) in [7, 11) is -3.88. The van der Waals surface area contributed by atoms with Crippen molar-refractivity contribution in [2.75, 3.05) is 13.1 Å². The molecule has 1 aromatic heterocycles. The predicted octanol–water partition coefficient (Wildman–Crippen LogP) is 4.04. The molecule has 7 nitrogen and oxygen atoms in total. The average molecular weight is 492 g/mol. The summed E-state index contributed by atoms with van der Waals surface area (Å²) in [6.45, 7) is 0.803. The number of nitrogens with zero attached hydrogens (tertiary/aromatic N) is 2. The highest BCUT2D eigenvalue weighted by Crippen LogP contribution is 2.28. The highest BCUT2D eigenvalue weighted by molar-refractivity contribution is 7.89. The van der Waals surface area contributed by atoms with Crippen LogP contribution < -0.4 is 4.72 Å². The van der Waals surface area contributed by atoms with Crippen molar-refractivity contribution in [1.29, 1.82) is 0 Å². The molecule has 3 aromatic rings. The summed E-state index contributed by atoms with van der Waals surface area (Å²) in [6.07, 6.45) is 3.35. The number of aromatic nitrogens is 1. The molecule has 1 aliphatic heterocycles. The minimum absolute atomic E-state index is 0.109. The molecule has 1 unspecified atom stereocenters. The van der Waals surface area contributed by atoms with Crippen LogP contribution in [0.2, 0.25) is 5.02 Å². The highest BCUT2D eigenvalue weighted by atomic mass is 35.5. The Balaban J connectivity index is 1.33. The summed E-state index contributed by atoms with van der Waals surface area (Å²) in [6, 6.07) is 11.7. The van der Waals surface area contributed by atoms with Gasteiger partial charge in [-0.25, -0.2) is 22.5 Å². The molecule has 0 aliphatic carbocycles. The topological polar surface area (TPSA) is 92.5 Å². The Kier molecular flexibility index (Phi) is 7.11.